The number of rotatable bonds is 1. The number of H-pyrrole nitrogens is 1. The molecule has 0 fully saturated rings. The Bertz CT molecular complexity index is 1140. The zero-order chi connectivity index (χ0) is 17.7. The molecule has 1 N–H and O–H groups in total. The molecule has 0 saturated heterocycles. The van der Waals surface area contributed by atoms with E-state index in [1.807, 2.05) is 6.92 Å². The normalized spacial score (nSPS) is 13.8. The van der Waals surface area contributed by atoms with Gasteiger partial charge in [0, 0.05) is 15.5 Å². The van der Waals surface area contributed by atoms with Crippen molar-refractivity contribution in [2.45, 2.75) is 32.6 Å². The van der Waals surface area contributed by atoms with Gasteiger partial charge in [-0.3, -0.25) is 9.59 Å². The Hall–Kier alpha value is -1.76. The average molecular weight is 391 g/mol. The standard InChI is InChI=1S/C18H15ClN2O2S2/c1-9-6-7-10(8-12(9)19)16(22)21-17(23)14-11-4-2-3-5-13(11)25-15(14)20-18(21)24/h6-8H,2-5H2,1H3,(H,20,24). The fourth-order valence-electron chi connectivity index (χ4n) is 3.28. The maximum atomic E-state index is 13.1. The van der Waals surface area contributed by atoms with E-state index in [9.17, 15) is 9.59 Å². The van der Waals surface area contributed by atoms with Gasteiger partial charge in [0.25, 0.3) is 11.5 Å². The van der Waals surface area contributed by atoms with Crippen molar-refractivity contribution in [3.63, 3.8) is 0 Å². The Kier molecular flexibility index (Phi) is 4.14. The maximum Gasteiger partial charge on any atom is 0.270 e. The number of nitrogens with zero attached hydrogens (tertiary/aromatic N) is 1. The molecule has 0 amide bonds. The highest BCUT2D eigenvalue weighted by Gasteiger charge is 2.22. The number of aromatic amines is 1. The first kappa shape index (κ1) is 16.7. The summed E-state index contributed by atoms with van der Waals surface area (Å²) < 4.78 is 1.18. The highest BCUT2D eigenvalue weighted by molar-refractivity contribution is 7.71. The lowest BCUT2D eigenvalue weighted by molar-refractivity contribution is 0.0953. The average Bonchev–Trinajstić information content (AvgIpc) is 2.95. The van der Waals surface area contributed by atoms with Crippen LogP contribution in [0.5, 0.6) is 0 Å². The first-order valence-corrected chi connectivity index (χ1v) is 9.68. The van der Waals surface area contributed by atoms with Crippen LogP contribution >= 0.6 is 35.2 Å². The van der Waals surface area contributed by atoms with E-state index in [2.05, 4.69) is 4.98 Å². The number of fused-ring (bicyclic) bond motifs is 3. The van der Waals surface area contributed by atoms with E-state index in [4.69, 9.17) is 23.8 Å². The largest absolute Gasteiger partial charge is 0.323 e. The lowest BCUT2D eigenvalue weighted by Crippen LogP contribution is -2.29. The number of carbonyl (C=O) groups excluding carboxylic acids is 1. The van der Waals surface area contributed by atoms with E-state index >= 15 is 0 Å². The molecular formula is C18H15ClN2O2S2. The monoisotopic (exact) mass is 390 g/mol. The van der Waals surface area contributed by atoms with Gasteiger partial charge in [0.1, 0.15) is 4.83 Å². The third-order valence-corrected chi connectivity index (χ3v) is 6.53. The molecule has 2 heterocycles. The Balaban J connectivity index is 1.95. The van der Waals surface area contributed by atoms with Crippen molar-refractivity contribution in [2.24, 2.45) is 0 Å². The minimum absolute atomic E-state index is 0.123. The molecule has 3 aromatic rings. The van der Waals surface area contributed by atoms with Crippen molar-refractivity contribution in [1.29, 1.82) is 0 Å². The molecule has 0 unspecified atom stereocenters. The summed E-state index contributed by atoms with van der Waals surface area (Å²) in [5.74, 6) is -0.453. The molecule has 4 nitrogen and oxygen atoms in total. The second-order valence-electron chi connectivity index (χ2n) is 6.25. The molecule has 7 heteroatoms. The molecule has 2 aromatic heterocycles. The quantitative estimate of drug-likeness (QED) is 0.615. The number of aromatic nitrogens is 2. The summed E-state index contributed by atoms with van der Waals surface area (Å²) in [4.78, 5) is 31.1. The van der Waals surface area contributed by atoms with Gasteiger partial charge in [0.15, 0.2) is 4.77 Å². The molecule has 1 aromatic carbocycles. The second-order valence-corrected chi connectivity index (χ2v) is 8.15. The molecule has 25 heavy (non-hydrogen) atoms. The van der Waals surface area contributed by atoms with Crippen LogP contribution in [0.2, 0.25) is 5.02 Å². The van der Waals surface area contributed by atoms with Crippen molar-refractivity contribution in [1.82, 2.24) is 9.55 Å². The number of nitrogens with one attached hydrogen (secondary N) is 1. The van der Waals surface area contributed by atoms with Crippen LogP contribution < -0.4 is 5.56 Å². The topological polar surface area (TPSA) is 54.9 Å². The highest BCUT2D eigenvalue weighted by atomic mass is 35.5. The van der Waals surface area contributed by atoms with E-state index < -0.39 is 5.91 Å². The van der Waals surface area contributed by atoms with E-state index in [0.29, 0.717) is 16.0 Å². The van der Waals surface area contributed by atoms with Crippen molar-refractivity contribution in [3.05, 3.63) is 59.9 Å². The lowest BCUT2D eigenvalue weighted by atomic mass is 9.97. The summed E-state index contributed by atoms with van der Waals surface area (Å²) in [6.07, 6.45) is 4.06. The molecule has 0 bridgehead atoms. The molecule has 4 rings (SSSR count). The van der Waals surface area contributed by atoms with E-state index in [1.54, 1.807) is 29.5 Å². The Labute approximate surface area is 158 Å². The number of halogens is 1. The summed E-state index contributed by atoms with van der Waals surface area (Å²) in [6.45, 7) is 1.86. The van der Waals surface area contributed by atoms with E-state index in [1.165, 1.54) is 4.88 Å². The lowest BCUT2D eigenvalue weighted by Gasteiger charge is -2.10. The number of benzene rings is 1. The fourth-order valence-corrected chi connectivity index (χ4v) is 5.07. The number of thiophene rings is 1. The zero-order valence-electron chi connectivity index (χ0n) is 13.5. The second kappa shape index (κ2) is 6.20. The third kappa shape index (κ3) is 2.69. The summed E-state index contributed by atoms with van der Waals surface area (Å²) in [7, 11) is 0. The first-order valence-electron chi connectivity index (χ1n) is 8.08. The van der Waals surface area contributed by atoms with Gasteiger partial charge >= 0.3 is 0 Å². The molecule has 128 valence electrons. The van der Waals surface area contributed by atoms with Gasteiger partial charge in [-0.15, -0.1) is 11.3 Å². The molecule has 1 aliphatic carbocycles. The zero-order valence-corrected chi connectivity index (χ0v) is 15.9. The Morgan fingerprint density at radius 2 is 2.08 bits per heavy atom. The molecule has 0 aliphatic heterocycles. The van der Waals surface area contributed by atoms with Crippen LogP contribution in [-0.2, 0) is 12.8 Å². The van der Waals surface area contributed by atoms with Crippen LogP contribution in [0.15, 0.2) is 23.0 Å². The molecule has 0 radical (unpaired) electrons. The van der Waals surface area contributed by atoms with Crippen molar-refractivity contribution >= 4 is 51.3 Å². The van der Waals surface area contributed by atoms with Crippen LogP contribution in [0.1, 0.15) is 39.2 Å². The summed E-state index contributed by atoms with van der Waals surface area (Å²) in [5.41, 5.74) is 1.96. The number of carbonyl (C=O) groups is 1. The third-order valence-electron chi connectivity index (χ3n) is 4.63. The minimum Gasteiger partial charge on any atom is -0.323 e. The van der Waals surface area contributed by atoms with Crippen LogP contribution in [0.3, 0.4) is 0 Å². The molecule has 0 spiro atoms. The van der Waals surface area contributed by atoms with Crippen LogP contribution in [0, 0.1) is 11.7 Å². The van der Waals surface area contributed by atoms with Crippen LogP contribution in [0.25, 0.3) is 10.2 Å². The van der Waals surface area contributed by atoms with E-state index in [0.717, 1.165) is 46.2 Å². The Morgan fingerprint density at radius 3 is 2.84 bits per heavy atom. The predicted molar refractivity (Wildman–Crippen MR) is 104 cm³/mol. The van der Waals surface area contributed by atoms with Crippen LogP contribution in [0.4, 0.5) is 0 Å². The summed E-state index contributed by atoms with van der Waals surface area (Å²) >= 11 is 13.0. The minimum atomic E-state index is -0.453. The van der Waals surface area contributed by atoms with Crippen molar-refractivity contribution in [3.8, 4) is 0 Å². The van der Waals surface area contributed by atoms with Crippen LogP contribution in [-0.4, -0.2) is 15.5 Å². The molecule has 0 saturated carbocycles. The highest BCUT2D eigenvalue weighted by Crippen LogP contribution is 2.33. The summed E-state index contributed by atoms with van der Waals surface area (Å²) in [6, 6.07) is 5.00. The smallest absolute Gasteiger partial charge is 0.270 e. The molecule has 1 aliphatic rings. The maximum absolute atomic E-state index is 13.1. The van der Waals surface area contributed by atoms with Gasteiger partial charge < -0.3 is 4.98 Å². The van der Waals surface area contributed by atoms with Crippen molar-refractivity contribution < 1.29 is 4.79 Å². The van der Waals surface area contributed by atoms with Gasteiger partial charge in [-0.25, -0.2) is 4.57 Å². The SMILES string of the molecule is Cc1ccc(C(=O)n2c(=S)[nH]c3sc4c(c3c2=O)CCCC4)cc1Cl. The fraction of sp³-hybridized carbons (Fsp3) is 0.278. The van der Waals surface area contributed by atoms with Gasteiger partial charge in [-0.1, -0.05) is 17.7 Å². The van der Waals surface area contributed by atoms with Gasteiger partial charge in [0.2, 0.25) is 0 Å². The van der Waals surface area contributed by atoms with Gasteiger partial charge in [-0.05, 0) is 68.1 Å². The molecule has 0 atom stereocenters. The number of hydrogen-bond donors (Lipinski definition) is 1. The number of hydrogen-bond acceptors (Lipinski definition) is 4. The predicted octanol–water partition coefficient (Wildman–Crippen LogP) is 4.65. The molecular weight excluding hydrogens is 376 g/mol. The Morgan fingerprint density at radius 1 is 1.32 bits per heavy atom. The summed E-state index contributed by atoms with van der Waals surface area (Å²) in [5, 5.41) is 1.10. The first-order chi connectivity index (χ1) is 12.0. The van der Waals surface area contributed by atoms with Gasteiger partial charge in [0.05, 0.1) is 5.39 Å². The van der Waals surface area contributed by atoms with E-state index in [-0.39, 0.29) is 10.3 Å². The van der Waals surface area contributed by atoms with Crippen molar-refractivity contribution in [2.75, 3.05) is 0 Å². The van der Waals surface area contributed by atoms with Gasteiger partial charge in [-0.2, -0.15) is 0 Å². The number of aryl methyl sites for hydroxylation is 3.